The first kappa shape index (κ1) is 11.4. The van der Waals surface area contributed by atoms with Crippen molar-refractivity contribution < 1.29 is 9.47 Å². The molecular weight excluding hydrogens is 202 g/mol. The van der Waals surface area contributed by atoms with Crippen molar-refractivity contribution in [3.05, 3.63) is 29.8 Å². The monoisotopic (exact) mass is 221 g/mol. The molecule has 0 bridgehead atoms. The molecule has 0 radical (unpaired) electrons. The van der Waals surface area contributed by atoms with Crippen molar-refractivity contribution >= 4 is 0 Å². The maximum absolute atomic E-state index is 6.05. The molecule has 2 N–H and O–H groups in total. The summed E-state index contributed by atoms with van der Waals surface area (Å²) in [5.74, 6) is 0.903. The van der Waals surface area contributed by atoms with Crippen LogP contribution in [0, 0.1) is 0 Å². The molecule has 0 aromatic heterocycles. The van der Waals surface area contributed by atoms with Crippen LogP contribution in [-0.4, -0.2) is 19.3 Å². The van der Waals surface area contributed by atoms with Crippen LogP contribution in [0.1, 0.15) is 25.8 Å². The van der Waals surface area contributed by atoms with E-state index in [0.717, 1.165) is 17.7 Å². The number of nitrogens with two attached hydrogens (primary N) is 1. The van der Waals surface area contributed by atoms with Gasteiger partial charge in [-0.2, -0.15) is 0 Å². The summed E-state index contributed by atoms with van der Waals surface area (Å²) in [6.45, 7) is 5.23. The van der Waals surface area contributed by atoms with Crippen LogP contribution in [0.5, 0.6) is 5.75 Å². The molecule has 0 spiro atoms. The zero-order chi connectivity index (χ0) is 11.6. The van der Waals surface area contributed by atoms with Crippen molar-refractivity contribution in [2.75, 3.05) is 13.2 Å². The Morgan fingerprint density at radius 1 is 1.44 bits per heavy atom. The predicted octanol–water partition coefficient (Wildman–Crippen LogP) is 2.05. The summed E-state index contributed by atoms with van der Waals surface area (Å²) in [5, 5.41) is 0. The van der Waals surface area contributed by atoms with Gasteiger partial charge in [-0.25, -0.2) is 0 Å². The number of rotatable bonds is 3. The molecule has 3 heteroatoms. The second-order valence-corrected chi connectivity index (χ2v) is 4.46. The van der Waals surface area contributed by atoms with Gasteiger partial charge in [-0.3, -0.25) is 0 Å². The van der Waals surface area contributed by atoms with Crippen LogP contribution in [0.15, 0.2) is 24.3 Å². The standard InChI is InChI=1S/C13H19NO2/c1-10(2)16-13(9-14)7-8-15-12-6-4-3-5-11(12)13/h3-6,10H,7-9,14H2,1-2H3. The Morgan fingerprint density at radius 2 is 2.19 bits per heavy atom. The Hall–Kier alpha value is -1.06. The van der Waals surface area contributed by atoms with Gasteiger partial charge in [0.15, 0.2) is 0 Å². The number of fused-ring (bicyclic) bond motifs is 1. The molecule has 3 nitrogen and oxygen atoms in total. The van der Waals surface area contributed by atoms with Gasteiger partial charge in [0.05, 0.1) is 12.7 Å². The van der Waals surface area contributed by atoms with E-state index in [1.165, 1.54) is 0 Å². The predicted molar refractivity (Wildman–Crippen MR) is 63.5 cm³/mol. The van der Waals surface area contributed by atoms with E-state index < -0.39 is 0 Å². The molecular formula is C13H19NO2. The van der Waals surface area contributed by atoms with Crippen molar-refractivity contribution in [3.8, 4) is 5.75 Å². The Kier molecular flexibility index (Phi) is 3.17. The van der Waals surface area contributed by atoms with Crippen LogP contribution in [0.4, 0.5) is 0 Å². The lowest BCUT2D eigenvalue weighted by atomic mass is 9.87. The highest BCUT2D eigenvalue weighted by Gasteiger charge is 2.38. The molecule has 0 amide bonds. The minimum absolute atomic E-state index is 0.162. The van der Waals surface area contributed by atoms with Crippen LogP contribution in [-0.2, 0) is 10.3 Å². The summed E-state index contributed by atoms with van der Waals surface area (Å²) < 4.78 is 11.7. The lowest BCUT2D eigenvalue weighted by molar-refractivity contribution is -0.0990. The van der Waals surface area contributed by atoms with E-state index in [-0.39, 0.29) is 11.7 Å². The number of hydrogen-bond acceptors (Lipinski definition) is 3. The summed E-state index contributed by atoms with van der Waals surface area (Å²) in [7, 11) is 0. The Balaban J connectivity index is 2.40. The van der Waals surface area contributed by atoms with Crippen molar-refractivity contribution in [2.45, 2.75) is 32.0 Å². The normalized spacial score (nSPS) is 24.0. The maximum Gasteiger partial charge on any atom is 0.125 e. The van der Waals surface area contributed by atoms with Gasteiger partial charge in [-0.15, -0.1) is 0 Å². The van der Waals surface area contributed by atoms with Gasteiger partial charge >= 0.3 is 0 Å². The van der Waals surface area contributed by atoms with E-state index >= 15 is 0 Å². The highest BCUT2D eigenvalue weighted by molar-refractivity contribution is 5.40. The van der Waals surface area contributed by atoms with Gasteiger partial charge in [0, 0.05) is 18.5 Å². The number of benzene rings is 1. The van der Waals surface area contributed by atoms with Crippen molar-refractivity contribution in [1.82, 2.24) is 0 Å². The molecule has 1 heterocycles. The lowest BCUT2D eigenvalue weighted by Crippen LogP contribution is -2.43. The third-order valence-corrected chi connectivity index (χ3v) is 2.93. The average molecular weight is 221 g/mol. The molecule has 88 valence electrons. The summed E-state index contributed by atoms with van der Waals surface area (Å²) in [5.41, 5.74) is 6.63. The third kappa shape index (κ3) is 1.93. The molecule has 1 aliphatic rings. The summed E-state index contributed by atoms with van der Waals surface area (Å²) in [6.07, 6.45) is 0.980. The Labute approximate surface area is 96.5 Å². The van der Waals surface area contributed by atoms with Crippen molar-refractivity contribution in [2.24, 2.45) is 5.73 Å². The SMILES string of the molecule is CC(C)OC1(CN)CCOc2ccccc21. The molecule has 1 aromatic carbocycles. The topological polar surface area (TPSA) is 44.5 Å². The van der Waals surface area contributed by atoms with Gasteiger partial charge in [-0.05, 0) is 19.9 Å². The quantitative estimate of drug-likeness (QED) is 0.849. The van der Waals surface area contributed by atoms with E-state index in [2.05, 4.69) is 0 Å². The Bertz CT molecular complexity index is 365. The van der Waals surface area contributed by atoms with Crippen molar-refractivity contribution in [3.63, 3.8) is 0 Å². The molecule has 0 saturated carbocycles. The second kappa shape index (κ2) is 4.44. The minimum Gasteiger partial charge on any atom is -0.493 e. The summed E-state index contributed by atoms with van der Waals surface area (Å²) in [4.78, 5) is 0. The van der Waals surface area contributed by atoms with Gasteiger partial charge in [0.2, 0.25) is 0 Å². The summed E-state index contributed by atoms with van der Waals surface area (Å²) in [6, 6.07) is 7.99. The number of para-hydroxylation sites is 1. The van der Waals surface area contributed by atoms with E-state index in [0.29, 0.717) is 13.2 Å². The fraction of sp³-hybridized carbons (Fsp3) is 0.538. The molecule has 1 aliphatic heterocycles. The molecule has 0 saturated heterocycles. The van der Waals surface area contributed by atoms with E-state index in [1.54, 1.807) is 0 Å². The van der Waals surface area contributed by atoms with Gasteiger partial charge in [0.1, 0.15) is 11.4 Å². The lowest BCUT2D eigenvalue weighted by Gasteiger charge is -2.39. The molecule has 1 aromatic rings. The Morgan fingerprint density at radius 3 is 2.88 bits per heavy atom. The smallest absolute Gasteiger partial charge is 0.125 e. The van der Waals surface area contributed by atoms with Crippen LogP contribution >= 0.6 is 0 Å². The molecule has 0 aliphatic carbocycles. The molecule has 16 heavy (non-hydrogen) atoms. The molecule has 1 atom stereocenters. The van der Waals surface area contributed by atoms with Gasteiger partial charge in [0.25, 0.3) is 0 Å². The van der Waals surface area contributed by atoms with E-state index in [9.17, 15) is 0 Å². The second-order valence-electron chi connectivity index (χ2n) is 4.46. The number of hydrogen-bond donors (Lipinski definition) is 1. The molecule has 2 rings (SSSR count). The largest absolute Gasteiger partial charge is 0.493 e. The molecule has 0 fully saturated rings. The summed E-state index contributed by atoms with van der Waals surface area (Å²) >= 11 is 0. The maximum atomic E-state index is 6.05. The zero-order valence-corrected chi connectivity index (χ0v) is 9.90. The minimum atomic E-state index is -0.372. The van der Waals surface area contributed by atoms with E-state index in [1.807, 2.05) is 38.1 Å². The first-order valence-electron chi connectivity index (χ1n) is 5.78. The first-order valence-corrected chi connectivity index (χ1v) is 5.78. The zero-order valence-electron chi connectivity index (χ0n) is 9.90. The average Bonchev–Trinajstić information content (AvgIpc) is 2.29. The van der Waals surface area contributed by atoms with Crippen LogP contribution in [0.3, 0.4) is 0 Å². The fourth-order valence-electron chi connectivity index (χ4n) is 2.26. The van der Waals surface area contributed by atoms with Gasteiger partial charge in [-0.1, -0.05) is 18.2 Å². The third-order valence-electron chi connectivity index (χ3n) is 2.93. The van der Waals surface area contributed by atoms with Gasteiger partial charge < -0.3 is 15.2 Å². The molecule has 1 unspecified atom stereocenters. The van der Waals surface area contributed by atoms with E-state index in [4.69, 9.17) is 15.2 Å². The number of ether oxygens (including phenoxy) is 2. The van der Waals surface area contributed by atoms with Crippen LogP contribution in [0.25, 0.3) is 0 Å². The van der Waals surface area contributed by atoms with Crippen LogP contribution in [0.2, 0.25) is 0 Å². The highest BCUT2D eigenvalue weighted by Crippen LogP contribution is 2.39. The first-order chi connectivity index (χ1) is 7.68. The highest BCUT2D eigenvalue weighted by atomic mass is 16.5. The van der Waals surface area contributed by atoms with Crippen molar-refractivity contribution in [1.29, 1.82) is 0 Å². The van der Waals surface area contributed by atoms with Crippen LogP contribution < -0.4 is 10.5 Å². The fourth-order valence-corrected chi connectivity index (χ4v) is 2.26.